The zero-order valence-corrected chi connectivity index (χ0v) is 17.2. The second-order valence-corrected chi connectivity index (χ2v) is 7.73. The molecule has 1 amide bonds. The van der Waals surface area contributed by atoms with Crippen LogP contribution in [0.4, 0.5) is 5.82 Å². The van der Waals surface area contributed by atoms with Crippen LogP contribution in [0, 0.1) is 0 Å². The van der Waals surface area contributed by atoms with Gasteiger partial charge in [0.2, 0.25) is 5.91 Å². The summed E-state index contributed by atoms with van der Waals surface area (Å²) in [7, 11) is 0. The Bertz CT molecular complexity index is 1200. The monoisotopic (exact) mass is 412 g/mol. The molecule has 0 spiro atoms. The number of aromatic nitrogens is 4. The molecule has 2 aromatic carbocycles. The van der Waals surface area contributed by atoms with Crippen LogP contribution in [-0.4, -0.2) is 43.5 Å². The summed E-state index contributed by atoms with van der Waals surface area (Å²) in [6.45, 7) is 2.18. The number of carbonyl (C=O) groups is 1. The van der Waals surface area contributed by atoms with E-state index in [2.05, 4.69) is 38.6 Å². The van der Waals surface area contributed by atoms with Crippen molar-refractivity contribution in [2.45, 2.75) is 25.8 Å². The Morgan fingerprint density at radius 2 is 1.84 bits per heavy atom. The largest absolute Gasteiger partial charge is 0.370 e. The number of nitrogens with one attached hydrogen (secondary N) is 1. The van der Waals surface area contributed by atoms with Crippen molar-refractivity contribution in [3.8, 4) is 11.3 Å². The molecule has 7 nitrogen and oxygen atoms in total. The fraction of sp³-hybridized carbons (Fsp3) is 0.250. The van der Waals surface area contributed by atoms with Crippen LogP contribution in [0.1, 0.15) is 24.0 Å². The van der Waals surface area contributed by atoms with Crippen molar-refractivity contribution < 1.29 is 4.79 Å². The third-order valence-corrected chi connectivity index (χ3v) is 5.68. The van der Waals surface area contributed by atoms with E-state index in [1.54, 1.807) is 4.52 Å². The van der Waals surface area contributed by atoms with E-state index < -0.39 is 0 Å². The highest BCUT2D eigenvalue weighted by molar-refractivity contribution is 5.76. The molecule has 1 N–H and O–H groups in total. The Morgan fingerprint density at radius 3 is 2.71 bits per heavy atom. The predicted molar refractivity (Wildman–Crippen MR) is 120 cm³/mol. The maximum Gasteiger partial charge on any atom is 0.254 e. The minimum Gasteiger partial charge on any atom is -0.370 e. The van der Waals surface area contributed by atoms with E-state index in [1.807, 2.05) is 47.4 Å². The molecule has 1 aliphatic heterocycles. The van der Waals surface area contributed by atoms with Crippen molar-refractivity contribution in [1.29, 1.82) is 0 Å². The molecule has 5 rings (SSSR count). The zero-order valence-electron chi connectivity index (χ0n) is 17.2. The van der Waals surface area contributed by atoms with Crippen molar-refractivity contribution in [3.63, 3.8) is 0 Å². The van der Waals surface area contributed by atoms with E-state index >= 15 is 0 Å². The number of benzene rings is 2. The Morgan fingerprint density at radius 1 is 1.03 bits per heavy atom. The molecule has 0 bridgehead atoms. The normalized spacial score (nSPS) is 13.2. The number of amides is 1. The average Bonchev–Trinajstić information content (AvgIpc) is 3.31. The van der Waals surface area contributed by atoms with E-state index in [0.717, 1.165) is 36.5 Å². The third-order valence-electron chi connectivity index (χ3n) is 5.68. The second-order valence-electron chi connectivity index (χ2n) is 7.73. The summed E-state index contributed by atoms with van der Waals surface area (Å²) in [5.41, 5.74) is 4.49. The quantitative estimate of drug-likeness (QED) is 0.490. The van der Waals surface area contributed by atoms with E-state index in [-0.39, 0.29) is 5.91 Å². The van der Waals surface area contributed by atoms with Crippen LogP contribution in [-0.2, 0) is 17.8 Å². The molecule has 3 heterocycles. The van der Waals surface area contributed by atoms with Crippen molar-refractivity contribution >= 4 is 17.5 Å². The van der Waals surface area contributed by atoms with Crippen LogP contribution in [0.3, 0.4) is 0 Å². The van der Waals surface area contributed by atoms with Crippen LogP contribution >= 0.6 is 0 Å². The van der Waals surface area contributed by atoms with E-state index in [1.165, 1.54) is 17.5 Å². The molecule has 0 unspecified atom stereocenters. The molecule has 0 atom stereocenters. The van der Waals surface area contributed by atoms with Gasteiger partial charge in [0.15, 0.2) is 0 Å². The van der Waals surface area contributed by atoms with Crippen molar-refractivity contribution in [2.24, 2.45) is 0 Å². The lowest BCUT2D eigenvalue weighted by Gasteiger charge is -2.29. The van der Waals surface area contributed by atoms with Gasteiger partial charge in [-0.3, -0.25) is 4.79 Å². The number of rotatable bonds is 6. The highest BCUT2D eigenvalue weighted by atomic mass is 16.2. The lowest BCUT2D eigenvalue weighted by atomic mass is 9.99. The average molecular weight is 412 g/mol. The van der Waals surface area contributed by atoms with E-state index in [9.17, 15) is 4.79 Å². The minimum atomic E-state index is 0.210. The molecular formula is C24H24N6O. The Balaban J connectivity index is 1.21. The minimum absolute atomic E-state index is 0.210. The van der Waals surface area contributed by atoms with Gasteiger partial charge in [-0.1, -0.05) is 54.6 Å². The van der Waals surface area contributed by atoms with Gasteiger partial charge in [0.1, 0.15) is 12.1 Å². The molecule has 0 saturated carbocycles. The SMILES string of the molecule is O=C(CCCNc1cc(-c2ccccc2)nc2ncnn12)N1CCc2ccccc2C1. The van der Waals surface area contributed by atoms with Gasteiger partial charge in [-0.25, -0.2) is 4.98 Å². The molecule has 0 saturated heterocycles. The first-order valence-electron chi connectivity index (χ1n) is 10.6. The van der Waals surface area contributed by atoms with Gasteiger partial charge in [0.05, 0.1) is 5.69 Å². The van der Waals surface area contributed by atoms with Crippen molar-refractivity contribution in [1.82, 2.24) is 24.5 Å². The molecule has 1 aliphatic rings. The molecule has 4 aromatic rings. The lowest BCUT2D eigenvalue weighted by Crippen LogP contribution is -2.36. The standard InChI is InChI=1S/C24H24N6O/c31-23(29-14-12-18-7-4-5-10-20(18)16-29)11-6-13-25-22-15-21(19-8-2-1-3-9-19)28-24-26-17-27-30(22)24/h1-5,7-10,15,17,25H,6,11-14,16H2. The number of fused-ring (bicyclic) bond motifs is 2. The summed E-state index contributed by atoms with van der Waals surface area (Å²) in [5, 5.41) is 7.68. The molecule has 31 heavy (non-hydrogen) atoms. The summed E-state index contributed by atoms with van der Waals surface area (Å²) in [5.74, 6) is 1.58. The number of nitrogens with zero attached hydrogens (tertiary/aromatic N) is 5. The molecule has 156 valence electrons. The molecule has 0 aliphatic carbocycles. The third kappa shape index (κ3) is 4.12. The smallest absolute Gasteiger partial charge is 0.254 e. The molecular weight excluding hydrogens is 388 g/mol. The highest BCUT2D eigenvalue weighted by Gasteiger charge is 2.19. The van der Waals surface area contributed by atoms with Gasteiger partial charge in [0, 0.05) is 37.7 Å². The summed E-state index contributed by atoms with van der Waals surface area (Å²) < 4.78 is 1.69. The molecule has 0 radical (unpaired) electrons. The Hall–Kier alpha value is -3.74. The Kier molecular flexibility index (Phi) is 5.31. The van der Waals surface area contributed by atoms with Crippen molar-refractivity contribution in [3.05, 3.63) is 78.1 Å². The van der Waals surface area contributed by atoms with Crippen LogP contribution < -0.4 is 5.32 Å². The summed E-state index contributed by atoms with van der Waals surface area (Å²) in [6, 6.07) is 20.4. The molecule has 7 heteroatoms. The first-order chi connectivity index (χ1) is 15.3. The summed E-state index contributed by atoms with van der Waals surface area (Å²) >= 11 is 0. The molecule has 2 aromatic heterocycles. The number of hydrogen-bond acceptors (Lipinski definition) is 5. The van der Waals surface area contributed by atoms with Crippen LogP contribution in [0.15, 0.2) is 67.0 Å². The van der Waals surface area contributed by atoms with Gasteiger partial charge < -0.3 is 10.2 Å². The maximum atomic E-state index is 12.7. The number of hydrogen-bond donors (Lipinski definition) is 1. The molecule has 0 fully saturated rings. The van der Waals surface area contributed by atoms with E-state index in [0.29, 0.717) is 25.3 Å². The van der Waals surface area contributed by atoms with Gasteiger partial charge >= 0.3 is 0 Å². The van der Waals surface area contributed by atoms with Crippen LogP contribution in [0.2, 0.25) is 0 Å². The van der Waals surface area contributed by atoms with E-state index in [4.69, 9.17) is 0 Å². The predicted octanol–water partition coefficient (Wildman–Crippen LogP) is 3.57. The summed E-state index contributed by atoms with van der Waals surface area (Å²) in [4.78, 5) is 23.5. The lowest BCUT2D eigenvalue weighted by molar-refractivity contribution is -0.132. The summed E-state index contributed by atoms with van der Waals surface area (Å²) in [6.07, 6.45) is 3.70. The van der Waals surface area contributed by atoms with Gasteiger partial charge in [-0.15, -0.1) is 0 Å². The van der Waals surface area contributed by atoms with Crippen LogP contribution in [0.25, 0.3) is 17.0 Å². The number of anilines is 1. The van der Waals surface area contributed by atoms with Crippen LogP contribution in [0.5, 0.6) is 0 Å². The number of carbonyl (C=O) groups excluding carboxylic acids is 1. The first kappa shape index (κ1) is 19.2. The topological polar surface area (TPSA) is 75.4 Å². The zero-order chi connectivity index (χ0) is 21.0. The fourth-order valence-corrected chi connectivity index (χ4v) is 4.02. The first-order valence-corrected chi connectivity index (χ1v) is 10.6. The second kappa shape index (κ2) is 8.55. The maximum absolute atomic E-state index is 12.7. The van der Waals surface area contributed by atoms with Gasteiger partial charge in [-0.05, 0) is 24.0 Å². The highest BCUT2D eigenvalue weighted by Crippen LogP contribution is 2.22. The van der Waals surface area contributed by atoms with Crippen molar-refractivity contribution in [2.75, 3.05) is 18.4 Å². The van der Waals surface area contributed by atoms with Gasteiger partial charge in [-0.2, -0.15) is 14.6 Å². The fourth-order valence-electron chi connectivity index (χ4n) is 4.02. The van der Waals surface area contributed by atoms with Gasteiger partial charge in [0.25, 0.3) is 5.78 Å². The Labute approximate surface area is 180 Å².